The molecule has 2 aromatic rings. The first-order valence-corrected chi connectivity index (χ1v) is 8.74. The van der Waals surface area contributed by atoms with Gasteiger partial charge >= 0.3 is 0 Å². The number of nitrogens with zero attached hydrogens (tertiary/aromatic N) is 2. The molecule has 1 aromatic heterocycles. The molecule has 22 heavy (non-hydrogen) atoms. The van der Waals surface area contributed by atoms with Crippen molar-refractivity contribution in [3.8, 4) is 11.3 Å². The van der Waals surface area contributed by atoms with Crippen LogP contribution in [0.3, 0.4) is 0 Å². The van der Waals surface area contributed by atoms with Gasteiger partial charge < -0.3 is 4.90 Å². The highest BCUT2D eigenvalue weighted by molar-refractivity contribution is 8.01. The van der Waals surface area contributed by atoms with Crippen LogP contribution in [0.4, 0.5) is 0 Å². The first kappa shape index (κ1) is 16.5. The van der Waals surface area contributed by atoms with Crippen LogP contribution in [0.2, 0.25) is 0 Å². The SMILES string of the molecule is C=CCN(CC=C)C(=O)CSc1nc(-c2ccccc2)cs1. The normalized spacial score (nSPS) is 10.2. The Kier molecular flexibility index (Phi) is 6.43. The van der Waals surface area contributed by atoms with Crippen LogP contribution in [0, 0.1) is 0 Å². The molecule has 114 valence electrons. The highest BCUT2D eigenvalue weighted by Crippen LogP contribution is 2.28. The van der Waals surface area contributed by atoms with E-state index < -0.39 is 0 Å². The maximum absolute atomic E-state index is 12.2. The standard InChI is InChI=1S/C17H18N2OS2/c1-3-10-19(11-4-2)16(20)13-22-17-18-15(12-21-17)14-8-6-5-7-9-14/h3-9,12H,1-2,10-11,13H2. The van der Waals surface area contributed by atoms with E-state index in [-0.39, 0.29) is 5.91 Å². The van der Waals surface area contributed by atoms with Gasteiger partial charge in [0.15, 0.2) is 4.34 Å². The van der Waals surface area contributed by atoms with Gasteiger partial charge in [0.05, 0.1) is 11.4 Å². The largest absolute Gasteiger partial charge is 0.335 e. The summed E-state index contributed by atoms with van der Waals surface area (Å²) in [6.07, 6.45) is 3.45. The summed E-state index contributed by atoms with van der Waals surface area (Å²) in [4.78, 5) is 18.5. The highest BCUT2D eigenvalue weighted by Gasteiger charge is 2.12. The minimum Gasteiger partial charge on any atom is -0.335 e. The van der Waals surface area contributed by atoms with Crippen LogP contribution in [0.5, 0.6) is 0 Å². The van der Waals surface area contributed by atoms with Crippen LogP contribution in [0.25, 0.3) is 11.3 Å². The lowest BCUT2D eigenvalue weighted by Crippen LogP contribution is -2.32. The number of carbonyl (C=O) groups excluding carboxylic acids is 1. The van der Waals surface area contributed by atoms with Crippen LogP contribution in [0.1, 0.15) is 0 Å². The van der Waals surface area contributed by atoms with Crippen LogP contribution < -0.4 is 0 Å². The van der Waals surface area contributed by atoms with Gasteiger partial charge in [-0.2, -0.15) is 0 Å². The molecule has 0 saturated carbocycles. The number of thiazole rings is 1. The summed E-state index contributed by atoms with van der Waals surface area (Å²) >= 11 is 3.04. The molecule has 0 atom stereocenters. The van der Waals surface area contributed by atoms with Crippen molar-refractivity contribution >= 4 is 29.0 Å². The van der Waals surface area contributed by atoms with E-state index in [1.165, 1.54) is 11.8 Å². The quantitative estimate of drug-likeness (QED) is 0.539. The van der Waals surface area contributed by atoms with Crippen molar-refractivity contribution in [1.29, 1.82) is 0 Å². The van der Waals surface area contributed by atoms with Crippen molar-refractivity contribution in [2.45, 2.75) is 4.34 Å². The topological polar surface area (TPSA) is 33.2 Å². The van der Waals surface area contributed by atoms with E-state index in [4.69, 9.17) is 0 Å². The lowest BCUT2D eigenvalue weighted by atomic mass is 10.2. The predicted molar refractivity (Wildman–Crippen MR) is 95.2 cm³/mol. The van der Waals surface area contributed by atoms with Crippen LogP contribution in [-0.4, -0.2) is 34.6 Å². The van der Waals surface area contributed by atoms with Crippen molar-refractivity contribution in [2.75, 3.05) is 18.8 Å². The Morgan fingerprint density at radius 3 is 2.55 bits per heavy atom. The number of benzene rings is 1. The van der Waals surface area contributed by atoms with Gasteiger partial charge in [-0.05, 0) is 0 Å². The van der Waals surface area contributed by atoms with Gasteiger partial charge in [-0.3, -0.25) is 4.79 Å². The van der Waals surface area contributed by atoms with Gasteiger partial charge in [-0.1, -0.05) is 54.2 Å². The van der Waals surface area contributed by atoms with Gasteiger partial charge in [-0.25, -0.2) is 4.98 Å². The number of hydrogen-bond donors (Lipinski definition) is 0. The maximum atomic E-state index is 12.2. The third-order valence-electron chi connectivity index (χ3n) is 2.92. The van der Waals surface area contributed by atoms with Gasteiger partial charge in [-0.15, -0.1) is 24.5 Å². The number of hydrogen-bond acceptors (Lipinski definition) is 4. The van der Waals surface area contributed by atoms with Crippen molar-refractivity contribution in [1.82, 2.24) is 9.88 Å². The second kappa shape index (κ2) is 8.56. The molecule has 0 N–H and O–H groups in total. The van der Waals surface area contributed by atoms with Crippen molar-refractivity contribution < 1.29 is 4.79 Å². The molecule has 2 rings (SSSR count). The molecule has 1 heterocycles. The molecule has 0 aliphatic carbocycles. The number of thioether (sulfide) groups is 1. The Hall–Kier alpha value is -1.85. The minimum absolute atomic E-state index is 0.0706. The van der Waals surface area contributed by atoms with Crippen molar-refractivity contribution in [2.24, 2.45) is 0 Å². The van der Waals surface area contributed by atoms with E-state index >= 15 is 0 Å². The average Bonchev–Trinajstić information content (AvgIpc) is 3.02. The highest BCUT2D eigenvalue weighted by atomic mass is 32.2. The Labute approximate surface area is 139 Å². The molecule has 3 nitrogen and oxygen atoms in total. The molecule has 0 aliphatic rings. The summed E-state index contributed by atoms with van der Waals surface area (Å²) in [7, 11) is 0. The average molecular weight is 330 g/mol. The van der Waals surface area contributed by atoms with Gasteiger partial charge in [0.25, 0.3) is 0 Å². The predicted octanol–water partition coefficient (Wildman–Crippen LogP) is 4.10. The molecule has 0 spiro atoms. The second-order valence-electron chi connectivity index (χ2n) is 4.53. The molecule has 0 aliphatic heterocycles. The fraction of sp³-hybridized carbons (Fsp3) is 0.176. The molecule has 0 unspecified atom stereocenters. The van der Waals surface area contributed by atoms with E-state index in [0.29, 0.717) is 18.8 Å². The summed E-state index contributed by atoms with van der Waals surface area (Å²) in [5, 5.41) is 2.02. The minimum atomic E-state index is 0.0706. The van der Waals surface area contributed by atoms with Gasteiger partial charge in [0.2, 0.25) is 5.91 Å². The zero-order valence-corrected chi connectivity index (χ0v) is 13.9. The smallest absolute Gasteiger partial charge is 0.233 e. The molecular weight excluding hydrogens is 312 g/mol. The van der Waals surface area contributed by atoms with Crippen molar-refractivity contribution in [3.05, 3.63) is 61.0 Å². The number of amides is 1. The van der Waals surface area contributed by atoms with E-state index in [1.54, 1.807) is 28.4 Å². The fourth-order valence-electron chi connectivity index (χ4n) is 1.87. The Morgan fingerprint density at radius 1 is 1.23 bits per heavy atom. The Balaban J connectivity index is 1.94. The first-order chi connectivity index (χ1) is 10.7. The van der Waals surface area contributed by atoms with E-state index in [2.05, 4.69) is 18.1 Å². The van der Waals surface area contributed by atoms with Crippen molar-refractivity contribution in [3.63, 3.8) is 0 Å². The van der Waals surface area contributed by atoms with Crippen LogP contribution >= 0.6 is 23.1 Å². The third kappa shape index (κ3) is 4.58. The lowest BCUT2D eigenvalue weighted by molar-refractivity contribution is -0.127. The lowest BCUT2D eigenvalue weighted by Gasteiger charge is -2.18. The molecule has 5 heteroatoms. The Morgan fingerprint density at radius 2 is 1.91 bits per heavy atom. The van der Waals surface area contributed by atoms with Crippen LogP contribution in [0.15, 0.2) is 65.4 Å². The summed E-state index contributed by atoms with van der Waals surface area (Å²) in [5.74, 6) is 0.449. The maximum Gasteiger partial charge on any atom is 0.233 e. The van der Waals surface area contributed by atoms with Crippen LogP contribution in [-0.2, 0) is 4.79 Å². The molecule has 0 fully saturated rings. The Bertz CT molecular complexity index is 627. The number of aromatic nitrogens is 1. The summed E-state index contributed by atoms with van der Waals surface area (Å²) < 4.78 is 0.907. The summed E-state index contributed by atoms with van der Waals surface area (Å²) in [5.41, 5.74) is 2.05. The third-order valence-corrected chi connectivity index (χ3v) is 4.93. The monoisotopic (exact) mass is 330 g/mol. The van der Waals surface area contributed by atoms with Gasteiger partial charge in [0, 0.05) is 24.0 Å². The summed E-state index contributed by atoms with van der Waals surface area (Å²) in [6, 6.07) is 10.0. The zero-order valence-electron chi connectivity index (χ0n) is 12.3. The molecule has 1 aromatic carbocycles. The van der Waals surface area contributed by atoms with Gasteiger partial charge in [0.1, 0.15) is 0 Å². The molecule has 0 radical (unpaired) electrons. The molecule has 0 bridgehead atoms. The molecule has 0 saturated heterocycles. The first-order valence-electron chi connectivity index (χ1n) is 6.88. The fourth-order valence-corrected chi connectivity index (χ4v) is 3.61. The molecule has 1 amide bonds. The van der Waals surface area contributed by atoms with E-state index in [9.17, 15) is 4.79 Å². The summed E-state index contributed by atoms with van der Waals surface area (Å²) in [6.45, 7) is 8.43. The molecular formula is C17H18N2OS2. The number of carbonyl (C=O) groups is 1. The second-order valence-corrected chi connectivity index (χ2v) is 6.61. The van der Waals surface area contributed by atoms with E-state index in [1.807, 2.05) is 35.7 Å². The zero-order chi connectivity index (χ0) is 15.8. The van der Waals surface area contributed by atoms with E-state index in [0.717, 1.165) is 15.6 Å². The number of rotatable bonds is 8.